The average molecular weight is 701 g/mol. The van der Waals surface area contributed by atoms with Crippen LogP contribution in [0.3, 0.4) is 0 Å². The molecule has 0 fully saturated rings. The van der Waals surface area contributed by atoms with E-state index in [1.54, 1.807) is 12.4 Å². The van der Waals surface area contributed by atoms with Crippen LogP contribution in [0.1, 0.15) is 0 Å². The van der Waals surface area contributed by atoms with E-state index in [2.05, 4.69) is 175 Å². The second kappa shape index (κ2) is 13.1. The first kappa shape index (κ1) is 31.6. The van der Waals surface area contributed by atoms with Gasteiger partial charge < -0.3 is 24.3 Å². The third-order valence-electron chi connectivity index (χ3n) is 10.3. The smallest absolute Gasteiger partial charge is 0.178 e. The van der Waals surface area contributed by atoms with Crippen LogP contribution in [0.25, 0.3) is 33.0 Å². The molecule has 0 unspecified atom stereocenters. The van der Waals surface area contributed by atoms with E-state index in [0.717, 1.165) is 40.2 Å². The molecule has 2 aliphatic heterocycles. The number of hydrogen-bond acceptors (Lipinski definition) is 7. The van der Waals surface area contributed by atoms with Crippen molar-refractivity contribution in [2.45, 2.75) is 0 Å². The Morgan fingerprint density at radius 2 is 1.07 bits per heavy atom. The lowest BCUT2D eigenvalue weighted by Gasteiger charge is -2.27. The summed E-state index contributed by atoms with van der Waals surface area (Å²) in [5.41, 5.74) is 10.3. The molecule has 1 aromatic heterocycles. The van der Waals surface area contributed by atoms with E-state index in [1.807, 2.05) is 25.2 Å². The highest BCUT2D eigenvalue weighted by Crippen LogP contribution is 2.53. The molecular formula is C47H36N6O. The third-order valence-corrected chi connectivity index (χ3v) is 10.3. The van der Waals surface area contributed by atoms with Gasteiger partial charge in [0.15, 0.2) is 11.6 Å². The second-order valence-electron chi connectivity index (χ2n) is 13.7. The van der Waals surface area contributed by atoms with Crippen molar-refractivity contribution in [1.82, 2.24) is 9.97 Å². The van der Waals surface area contributed by atoms with Crippen molar-refractivity contribution in [1.29, 1.82) is 0 Å². The van der Waals surface area contributed by atoms with Gasteiger partial charge in [-0.3, -0.25) is 0 Å². The molecule has 2 aliphatic rings. The van der Waals surface area contributed by atoms with Crippen LogP contribution < -0.4 is 24.3 Å². The van der Waals surface area contributed by atoms with Crippen molar-refractivity contribution >= 4 is 50.8 Å². The molecule has 0 bridgehead atoms. The fourth-order valence-corrected chi connectivity index (χ4v) is 7.87. The van der Waals surface area contributed by atoms with Crippen molar-refractivity contribution in [3.8, 4) is 33.8 Å². The minimum absolute atomic E-state index is 0.620. The van der Waals surface area contributed by atoms with Gasteiger partial charge in [-0.05, 0) is 46.8 Å². The van der Waals surface area contributed by atoms with Gasteiger partial charge in [-0.25, -0.2) is 9.97 Å². The van der Waals surface area contributed by atoms with Gasteiger partial charge in [-0.15, -0.1) is 0 Å². The highest BCUT2D eigenvalue weighted by atomic mass is 16.5. The van der Waals surface area contributed by atoms with Crippen LogP contribution >= 0.6 is 0 Å². The third kappa shape index (κ3) is 5.45. The summed E-state index contributed by atoms with van der Waals surface area (Å²) in [6, 6.07) is 57.9. The van der Waals surface area contributed by atoms with E-state index in [4.69, 9.17) is 4.74 Å². The number of anilines is 7. The Labute approximate surface area is 314 Å². The predicted molar refractivity (Wildman–Crippen MR) is 221 cm³/mol. The van der Waals surface area contributed by atoms with Crippen molar-refractivity contribution in [2.24, 2.45) is 0 Å². The number of rotatable bonds is 7. The zero-order valence-electron chi connectivity index (χ0n) is 29.7. The molecule has 7 aromatic carbocycles. The van der Waals surface area contributed by atoms with Crippen molar-refractivity contribution in [3.05, 3.63) is 176 Å². The minimum Gasteiger partial charge on any atom is -0.457 e. The number of benzene rings is 7. The maximum atomic E-state index is 6.60. The minimum atomic E-state index is 0.620. The Hall–Kier alpha value is -7.12. The van der Waals surface area contributed by atoms with Gasteiger partial charge in [0, 0.05) is 59.5 Å². The van der Waals surface area contributed by atoms with Gasteiger partial charge in [0.25, 0.3) is 0 Å². The standard InChI is InChI=1S/C47H36N6O/c1-50-31-52(47-46(50)48-27-28-49-47)37-19-11-21-39(30-37)54-38-20-10-18-36(29-38)51-32-53(45-42-22-9-8-17-35(42)25-26-43(45)51)44-40(33-13-4-2-5-14-33)23-12-24-41(44)34-15-6-3-7-16-34/h2-30H,31-32H2,1H3. The second-order valence-corrected chi connectivity index (χ2v) is 13.7. The topological polar surface area (TPSA) is 48.0 Å². The molecule has 0 spiro atoms. The molecule has 10 rings (SSSR count). The first-order valence-corrected chi connectivity index (χ1v) is 18.2. The lowest BCUT2D eigenvalue weighted by atomic mass is 9.94. The lowest BCUT2D eigenvalue weighted by molar-refractivity contribution is 0.483. The summed E-state index contributed by atoms with van der Waals surface area (Å²) in [6.45, 7) is 1.28. The van der Waals surface area contributed by atoms with E-state index < -0.39 is 0 Å². The van der Waals surface area contributed by atoms with Crippen LogP contribution in [-0.4, -0.2) is 30.4 Å². The molecule has 0 amide bonds. The molecule has 0 atom stereocenters. The van der Waals surface area contributed by atoms with Crippen molar-refractivity contribution < 1.29 is 4.74 Å². The maximum absolute atomic E-state index is 6.60. The molecule has 7 heteroatoms. The van der Waals surface area contributed by atoms with Gasteiger partial charge in [-0.2, -0.15) is 0 Å². The van der Waals surface area contributed by atoms with Gasteiger partial charge in [0.1, 0.15) is 18.2 Å². The molecule has 0 saturated carbocycles. The Kier molecular flexibility index (Phi) is 7.69. The lowest BCUT2D eigenvalue weighted by Crippen LogP contribution is -2.25. The molecule has 3 heterocycles. The number of fused-ring (bicyclic) bond motifs is 4. The first-order valence-electron chi connectivity index (χ1n) is 18.2. The molecular weight excluding hydrogens is 665 g/mol. The van der Waals surface area contributed by atoms with Crippen molar-refractivity contribution in [3.63, 3.8) is 0 Å². The Morgan fingerprint density at radius 3 is 1.76 bits per heavy atom. The van der Waals surface area contributed by atoms with E-state index in [0.29, 0.717) is 13.3 Å². The van der Waals surface area contributed by atoms with E-state index in [1.165, 1.54) is 44.4 Å². The zero-order valence-corrected chi connectivity index (χ0v) is 29.7. The van der Waals surface area contributed by atoms with Crippen molar-refractivity contribution in [2.75, 3.05) is 40.0 Å². The van der Waals surface area contributed by atoms with Crippen LogP contribution in [0.2, 0.25) is 0 Å². The summed E-state index contributed by atoms with van der Waals surface area (Å²) >= 11 is 0. The summed E-state index contributed by atoms with van der Waals surface area (Å²) in [4.78, 5) is 18.3. The molecule has 260 valence electrons. The maximum Gasteiger partial charge on any atom is 0.178 e. The van der Waals surface area contributed by atoms with Crippen LogP contribution in [-0.2, 0) is 0 Å². The van der Waals surface area contributed by atoms with E-state index >= 15 is 0 Å². The normalized spacial score (nSPS) is 13.4. The fraction of sp³-hybridized carbons (Fsp3) is 0.0638. The SMILES string of the molecule is CN1CN(c2cccc(Oc3cccc(N4CN(c5c(-c6ccccc6)cccc5-c5ccccc5)c5c4ccc4ccccc54)c3)c2)c2nccnc21. The number of nitrogens with zero attached hydrogens (tertiary/aromatic N) is 6. The summed E-state index contributed by atoms with van der Waals surface area (Å²) < 4.78 is 6.60. The van der Waals surface area contributed by atoms with Gasteiger partial charge in [0.2, 0.25) is 0 Å². The number of aromatic nitrogens is 2. The summed E-state index contributed by atoms with van der Waals surface area (Å²) in [5.74, 6) is 3.22. The fourth-order valence-electron chi connectivity index (χ4n) is 7.87. The molecule has 54 heavy (non-hydrogen) atoms. The largest absolute Gasteiger partial charge is 0.457 e. The van der Waals surface area contributed by atoms with Crippen LogP contribution in [0, 0.1) is 0 Å². The Morgan fingerprint density at radius 1 is 0.481 bits per heavy atom. The van der Waals surface area contributed by atoms with Crippen LogP contribution in [0.5, 0.6) is 11.5 Å². The molecule has 7 nitrogen and oxygen atoms in total. The molecule has 0 saturated heterocycles. The van der Waals surface area contributed by atoms with Crippen LogP contribution in [0.15, 0.2) is 176 Å². The van der Waals surface area contributed by atoms with Gasteiger partial charge in [0.05, 0.1) is 23.7 Å². The summed E-state index contributed by atoms with van der Waals surface area (Å²) in [5, 5.41) is 2.42. The number of ether oxygens (including phenoxy) is 1. The Bertz CT molecular complexity index is 2590. The van der Waals surface area contributed by atoms with E-state index in [9.17, 15) is 0 Å². The summed E-state index contributed by atoms with van der Waals surface area (Å²) in [7, 11) is 2.03. The first-order chi connectivity index (χ1) is 26.7. The Balaban J connectivity index is 1.06. The quantitative estimate of drug-likeness (QED) is 0.164. The number of hydrogen-bond donors (Lipinski definition) is 0. The predicted octanol–water partition coefficient (Wildman–Crippen LogP) is 11.5. The van der Waals surface area contributed by atoms with Crippen LogP contribution in [0.4, 0.5) is 40.1 Å². The zero-order chi connectivity index (χ0) is 36.0. The molecule has 0 N–H and O–H groups in total. The monoisotopic (exact) mass is 700 g/mol. The molecule has 8 aromatic rings. The highest BCUT2D eigenvalue weighted by Gasteiger charge is 2.33. The molecule has 0 radical (unpaired) electrons. The van der Waals surface area contributed by atoms with Gasteiger partial charge in [-0.1, -0.05) is 121 Å². The summed E-state index contributed by atoms with van der Waals surface area (Å²) in [6.07, 6.45) is 3.47. The average Bonchev–Trinajstić information content (AvgIpc) is 3.80. The van der Waals surface area contributed by atoms with Gasteiger partial charge >= 0.3 is 0 Å². The molecule has 0 aliphatic carbocycles. The number of para-hydroxylation sites is 1. The van der Waals surface area contributed by atoms with E-state index in [-0.39, 0.29) is 0 Å². The highest BCUT2D eigenvalue weighted by molar-refractivity contribution is 6.09.